The molecule has 4 heteroatoms. The number of hydrogen-bond donors (Lipinski definition) is 0. The molecule has 20 heavy (non-hydrogen) atoms. The molecule has 1 aliphatic heterocycles. The number of benzene rings is 2. The number of nitrogens with zero attached hydrogens (tertiary/aromatic N) is 2. The number of aldehydes is 1. The summed E-state index contributed by atoms with van der Waals surface area (Å²) in [6.45, 7) is 0.550. The highest BCUT2D eigenvalue weighted by molar-refractivity contribution is 6.69. The molecular weight excluding hydrogens is 272 g/mol. The zero-order valence-corrected chi connectivity index (χ0v) is 11.5. The van der Waals surface area contributed by atoms with Crippen LogP contribution in [-0.4, -0.2) is 16.5 Å². The summed E-state index contributed by atoms with van der Waals surface area (Å²) in [6, 6.07) is 17.1. The third-order valence-corrected chi connectivity index (χ3v) is 3.63. The summed E-state index contributed by atoms with van der Waals surface area (Å²) in [7, 11) is 0. The fourth-order valence-corrected chi connectivity index (χ4v) is 2.65. The van der Waals surface area contributed by atoms with Crippen LogP contribution in [0, 0.1) is 0 Å². The van der Waals surface area contributed by atoms with Crippen molar-refractivity contribution in [3.63, 3.8) is 0 Å². The van der Waals surface area contributed by atoms with Crippen LogP contribution < -0.4 is 0 Å². The molecule has 0 spiro atoms. The van der Waals surface area contributed by atoms with Crippen LogP contribution in [0.4, 0.5) is 0 Å². The molecule has 2 aromatic carbocycles. The Balaban J connectivity index is 1.97. The standard InChI is InChI=1S/C16H13ClN2O/c17-16-14-9-5-4-8-13(14)15(11-20)19(18-16)10-12-6-2-1-3-7-12/h1-9,11,15H,10H2. The van der Waals surface area contributed by atoms with Gasteiger partial charge in [0.15, 0.2) is 5.17 Å². The van der Waals surface area contributed by atoms with E-state index in [1.165, 1.54) is 0 Å². The number of fused-ring (bicyclic) bond motifs is 1. The maximum absolute atomic E-state index is 11.5. The lowest BCUT2D eigenvalue weighted by molar-refractivity contribution is -0.112. The second-order valence-corrected chi connectivity index (χ2v) is 5.00. The second-order valence-electron chi connectivity index (χ2n) is 4.64. The number of hydrogen-bond acceptors (Lipinski definition) is 3. The highest BCUT2D eigenvalue weighted by Gasteiger charge is 2.27. The molecule has 0 radical (unpaired) electrons. The minimum Gasteiger partial charge on any atom is -0.301 e. The van der Waals surface area contributed by atoms with Crippen molar-refractivity contribution in [2.45, 2.75) is 12.6 Å². The molecule has 1 atom stereocenters. The van der Waals surface area contributed by atoms with Crippen molar-refractivity contribution in [1.82, 2.24) is 5.01 Å². The van der Waals surface area contributed by atoms with E-state index in [9.17, 15) is 4.79 Å². The van der Waals surface area contributed by atoms with Crippen LogP contribution in [-0.2, 0) is 11.3 Å². The number of carbonyl (C=O) groups excluding carboxylic acids is 1. The molecule has 2 aromatic rings. The SMILES string of the molecule is O=CC1c2ccccc2C(Cl)=NN1Cc1ccccc1. The summed E-state index contributed by atoms with van der Waals surface area (Å²) in [4.78, 5) is 11.5. The predicted molar refractivity (Wildman–Crippen MR) is 79.6 cm³/mol. The van der Waals surface area contributed by atoms with Gasteiger partial charge in [0.25, 0.3) is 0 Å². The van der Waals surface area contributed by atoms with Crippen LogP contribution in [0.25, 0.3) is 0 Å². The predicted octanol–water partition coefficient (Wildman–Crippen LogP) is 3.34. The topological polar surface area (TPSA) is 32.7 Å². The van der Waals surface area contributed by atoms with E-state index >= 15 is 0 Å². The Labute approximate surface area is 122 Å². The van der Waals surface area contributed by atoms with Gasteiger partial charge in [-0.3, -0.25) is 5.01 Å². The largest absolute Gasteiger partial charge is 0.301 e. The zero-order chi connectivity index (χ0) is 13.9. The fourth-order valence-electron chi connectivity index (χ4n) is 2.38. The van der Waals surface area contributed by atoms with E-state index in [2.05, 4.69) is 5.10 Å². The Kier molecular flexibility index (Phi) is 3.52. The molecule has 0 saturated carbocycles. The molecule has 3 rings (SSSR count). The van der Waals surface area contributed by atoms with Crippen molar-refractivity contribution in [3.8, 4) is 0 Å². The molecule has 0 amide bonds. The van der Waals surface area contributed by atoms with Gasteiger partial charge in [0.1, 0.15) is 12.3 Å². The third kappa shape index (κ3) is 2.32. The van der Waals surface area contributed by atoms with Crippen LogP contribution >= 0.6 is 11.6 Å². The quantitative estimate of drug-likeness (QED) is 0.810. The van der Waals surface area contributed by atoms with E-state index in [0.29, 0.717) is 11.7 Å². The summed E-state index contributed by atoms with van der Waals surface area (Å²) >= 11 is 6.22. The summed E-state index contributed by atoms with van der Waals surface area (Å²) in [5, 5.41) is 6.51. The number of hydrazone groups is 1. The molecular formula is C16H13ClN2O. The van der Waals surface area contributed by atoms with Crippen molar-refractivity contribution in [2.24, 2.45) is 5.10 Å². The average Bonchev–Trinajstić information content (AvgIpc) is 2.49. The molecule has 0 bridgehead atoms. The normalized spacial score (nSPS) is 17.4. The highest BCUT2D eigenvalue weighted by Crippen LogP contribution is 2.30. The Bertz CT molecular complexity index is 655. The minimum atomic E-state index is -0.395. The Morgan fingerprint density at radius 2 is 1.80 bits per heavy atom. The lowest BCUT2D eigenvalue weighted by Gasteiger charge is -2.31. The first kappa shape index (κ1) is 12.9. The first-order chi connectivity index (χ1) is 9.79. The van der Waals surface area contributed by atoms with Gasteiger partial charge in [0.2, 0.25) is 0 Å². The van der Waals surface area contributed by atoms with E-state index in [-0.39, 0.29) is 0 Å². The monoisotopic (exact) mass is 284 g/mol. The van der Waals surface area contributed by atoms with Gasteiger partial charge < -0.3 is 4.79 Å². The molecule has 0 aliphatic carbocycles. The van der Waals surface area contributed by atoms with Gasteiger partial charge in [-0.15, -0.1) is 0 Å². The van der Waals surface area contributed by atoms with Crippen LogP contribution in [0.5, 0.6) is 0 Å². The summed E-state index contributed by atoms with van der Waals surface area (Å²) in [6.07, 6.45) is 0.911. The minimum absolute atomic E-state index is 0.395. The maximum atomic E-state index is 11.5. The summed E-state index contributed by atoms with van der Waals surface area (Å²) in [5.41, 5.74) is 2.82. The van der Waals surface area contributed by atoms with Gasteiger partial charge >= 0.3 is 0 Å². The van der Waals surface area contributed by atoms with Gasteiger partial charge in [0, 0.05) is 5.56 Å². The molecule has 100 valence electrons. The highest BCUT2D eigenvalue weighted by atomic mass is 35.5. The average molecular weight is 285 g/mol. The van der Waals surface area contributed by atoms with Crippen molar-refractivity contribution in [1.29, 1.82) is 0 Å². The van der Waals surface area contributed by atoms with E-state index in [4.69, 9.17) is 11.6 Å². The molecule has 0 aromatic heterocycles. The zero-order valence-electron chi connectivity index (χ0n) is 10.7. The smallest absolute Gasteiger partial charge is 0.156 e. The molecule has 0 fully saturated rings. The van der Waals surface area contributed by atoms with E-state index in [1.54, 1.807) is 5.01 Å². The Morgan fingerprint density at radius 1 is 1.10 bits per heavy atom. The van der Waals surface area contributed by atoms with Gasteiger partial charge in [-0.1, -0.05) is 66.2 Å². The molecule has 1 aliphatic rings. The van der Waals surface area contributed by atoms with Crippen LogP contribution in [0.2, 0.25) is 0 Å². The van der Waals surface area contributed by atoms with Crippen molar-refractivity contribution in [2.75, 3.05) is 0 Å². The summed E-state index contributed by atoms with van der Waals surface area (Å²) in [5.74, 6) is 0. The van der Waals surface area contributed by atoms with E-state index < -0.39 is 6.04 Å². The number of halogens is 1. The molecule has 3 nitrogen and oxygen atoms in total. The number of rotatable bonds is 3. The van der Waals surface area contributed by atoms with Gasteiger partial charge in [0.05, 0.1) is 6.54 Å². The van der Waals surface area contributed by atoms with Gasteiger partial charge in [-0.05, 0) is 11.1 Å². The van der Waals surface area contributed by atoms with Crippen LogP contribution in [0.3, 0.4) is 0 Å². The maximum Gasteiger partial charge on any atom is 0.156 e. The molecule has 1 heterocycles. The fraction of sp³-hybridized carbons (Fsp3) is 0.125. The van der Waals surface area contributed by atoms with Crippen molar-refractivity contribution in [3.05, 3.63) is 71.3 Å². The first-order valence-electron chi connectivity index (χ1n) is 6.39. The molecule has 0 N–H and O–H groups in total. The Morgan fingerprint density at radius 3 is 2.55 bits per heavy atom. The van der Waals surface area contributed by atoms with Crippen molar-refractivity contribution >= 4 is 23.1 Å². The lowest BCUT2D eigenvalue weighted by Crippen LogP contribution is -2.30. The molecule has 0 saturated heterocycles. The van der Waals surface area contributed by atoms with E-state index in [1.807, 2.05) is 54.6 Å². The third-order valence-electron chi connectivity index (χ3n) is 3.36. The number of carbonyl (C=O) groups is 1. The van der Waals surface area contributed by atoms with Gasteiger partial charge in [-0.25, -0.2) is 0 Å². The van der Waals surface area contributed by atoms with Crippen LogP contribution in [0.15, 0.2) is 59.7 Å². The van der Waals surface area contributed by atoms with Gasteiger partial charge in [-0.2, -0.15) is 5.10 Å². The van der Waals surface area contributed by atoms with E-state index in [0.717, 1.165) is 23.0 Å². The second kappa shape index (κ2) is 5.47. The summed E-state index contributed by atoms with van der Waals surface area (Å²) < 4.78 is 0. The molecule has 1 unspecified atom stereocenters. The van der Waals surface area contributed by atoms with Crippen LogP contribution in [0.1, 0.15) is 22.7 Å². The first-order valence-corrected chi connectivity index (χ1v) is 6.76. The lowest BCUT2D eigenvalue weighted by atomic mass is 9.99. The Hall–Kier alpha value is -2.13. The van der Waals surface area contributed by atoms with Crippen molar-refractivity contribution < 1.29 is 4.79 Å².